The van der Waals surface area contributed by atoms with Gasteiger partial charge in [0.25, 0.3) is 0 Å². The van der Waals surface area contributed by atoms with Gasteiger partial charge >= 0.3 is 0 Å². The molecule has 0 aliphatic rings. The highest BCUT2D eigenvalue weighted by Crippen LogP contribution is 2.40. The second-order valence-electron chi connectivity index (χ2n) is 3.74. The van der Waals surface area contributed by atoms with E-state index in [4.69, 9.17) is 11.6 Å². The number of hydrogen-bond donors (Lipinski definition) is 0. The van der Waals surface area contributed by atoms with E-state index in [0.29, 0.717) is 0 Å². The molecule has 0 fully saturated rings. The van der Waals surface area contributed by atoms with E-state index < -0.39 is 0 Å². The first kappa shape index (κ1) is 9.08. The molecule has 1 rings (SSSR count). The third-order valence-corrected chi connectivity index (χ3v) is 3.51. The second kappa shape index (κ2) is 3.16. The number of thiophene rings is 1. The highest BCUT2D eigenvalue weighted by Gasteiger charge is 2.24. The maximum absolute atomic E-state index is 6.23. The van der Waals surface area contributed by atoms with Gasteiger partial charge < -0.3 is 0 Å². The Hall–Kier alpha value is -0.0100. The van der Waals surface area contributed by atoms with Crippen LogP contribution in [0.2, 0.25) is 0 Å². The van der Waals surface area contributed by atoms with Crippen LogP contribution in [0, 0.1) is 5.41 Å². The van der Waals surface area contributed by atoms with Crippen molar-refractivity contribution >= 4 is 22.9 Å². The Balaban J connectivity index is 2.78. The SMILES string of the molecule is CC(C)(C)C(Cl)c1cccs1. The van der Waals surface area contributed by atoms with Gasteiger partial charge in [-0.25, -0.2) is 0 Å². The number of rotatable bonds is 1. The Bertz CT molecular complexity index is 208. The lowest BCUT2D eigenvalue weighted by Gasteiger charge is -2.23. The third kappa shape index (κ3) is 2.21. The average Bonchev–Trinajstić information content (AvgIpc) is 2.34. The second-order valence-corrected chi connectivity index (χ2v) is 5.16. The first-order valence-electron chi connectivity index (χ1n) is 3.69. The van der Waals surface area contributed by atoms with Crippen LogP contribution in [0.1, 0.15) is 31.0 Å². The van der Waals surface area contributed by atoms with Gasteiger partial charge in [0.05, 0.1) is 5.38 Å². The van der Waals surface area contributed by atoms with E-state index in [9.17, 15) is 0 Å². The van der Waals surface area contributed by atoms with Gasteiger partial charge in [0.2, 0.25) is 0 Å². The summed E-state index contributed by atoms with van der Waals surface area (Å²) in [5.74, 6) is 0. The Morgan fingerprint density at radius 2 is 2.09 bits per heavy atom. The van der Waals surface area contributed by atoms with Crippen molar-refractivity contribution in [2.45, 2.75) is 26.1 Å². The highest BCUT2D eigenvalue weighted by atomic mass is 35.5. The van der Waals surface area contributed by atoms with Crippen LogP contribution in [0.5, 0.6) is 0 Å². The van der Waals surface area contributed by atoms with Gasteiger partial charge in [0.1, 0.15) is 0 Å². The summed E-state index contributed by atoms with van der Waals surface area (Å²) in [6, 6.07) is 4.13. The normalized spacial score (nSPS) is 14.9. The molecule has 0 amide bonds. The van der Waals surface area contributed by atoms with Crippen molar-refractivity contribution < 1.29 is 0 Å². The van der Waals surface area contributed by atoms with E-state index in [1.165, 1.54) is 4.88 Å². The Labute approximate surface area is 77.2 Å². The van der Waals surface area contributed by atoms with Gasteiger partial charge in [0.15, 0.2) is 0 Å². The Kier molecular flexibility index (Phi) is 2.61. The molecule has 1 aromatic rings. The molecule has 0 aliphatic carbocycles. The lowest BCUT2D eigenvalue weighted by Crippen LogP contribution is -2.11. The van der Waals surface area contributed by atoms with Crippen molar-refractivity contribution in [2.75, 3.05) is 0 Å². The smallest absolute Gasteiger partial charge is 0.0726 e. The van der Waals surface area contributed by atoms with Crippen LogP contribution in [0.15, 0.2) is 17.5 Å². The minimum absolute atomic E-state index is 0.141. The Morgan fingerprint density at radius 3 is 2.45 bits per heavy atom. The predicted molar refractivity (Wildman–Crippen MR) is 52.4 cm³/mol. The minimum atomic E-state index is 0.141. The van der Waals surface area contributed by atoms with Gasteiger partial charge in [-0.2, -0.15) is 0 Å². The molecular weight excluding hydrogens is 176 g/mol. The van der Waals surface area contributed by atoms with Crippen LogP contribution in [-0.2, 0) is 0 Å². The zero-order chi connectivity index (χ0) is 8.48. The molecule has 1 atom stereocenters. The first-order valence-corrected chi connectivity index (χ1v) is 5.01. The van der Waals surface area contributed by atoms with Gasteiger partial charge in [-0.1, -0.05) is 26.8 Å². The first-order chi connectivity index (χ1) is 5.02. The molecule has 0 N–H and O–H groups in total. The fourth-order valence-electron chi connectivity index (χ4n) is 0.862. The van der Waals surface area contributed by atoms with Gasteiger partial charge in [-0.15, -0.1) is 22.9 Å². The van der Waals surface area contributed by atoms with E-state index in [0.717, 1.165) is 0 Å². The molecule has 11 heavy (non-hydrogen) atoms. The van der Waals surface area contributed by atoms with Crippen LogP contribution >= 0.6 is 22.9 Å². The number of hydrogen-bond acceptors (Lipinski definition) is 1. The van der Waals surface area contributed by atoms with Gasteiger partial charge in [0, 0.05) is 4.88 Å². The summed E-state index contributed by atoms with van der Waals surface area (Å²) in [7, 11) is 0. The largest absolute Gasteiger partial charge is 0.147 e. The predicted octanol–water partition coefficient (Wildman–Crippen LogP) is 4.07. The summed E-state index contributed by atoms with van der Waals surface area (Å²) >= 11 is 7.96. The van der Waals surface area contributed by atoms with Crippen LogP contribution < -0.4 is 0 Å². The Morgan fingerprint density at radius 1 is 1.45 bits per heavy atom. The molecular formula is C9H13ClS. The highest BCUT2D eigenvalue weighted by molar-refractivity contribution is 7.10. The summed E-state index contributed by atoms with van der Waals surface area (Å²) in [6.07, 6.45) is 0. The van der Waals surface area contributed by atoms with Crippen LogP contribution in [-0.4, -0.2) is 0 Å². The molecule has 0 saturated heterocycles. The molecule has 0 nitrogen and oxygen atoms in total. The van der Waals surface area contributed by atoms with E-state index in [1.54, 1.807) is 11.3 Å². The van der Waals surface area contributed by atoms with Crippen LogP contribution in [0.4, 0.5) is 0 Å². The molecule has 1 aromatic heterocycles. The monoisotopic (exact) mass is 188 g/mol. The van der Waals surface area contributed by atoms with E-state index >= 15 is 0 Å². The van der Waals surface area contributed by atoms with Gasteiger partial charge in [-0.05, 0) is 16.9 Å². The quantitative estimate of drug-likeness (QED) is 0.583. The summed E-state index contributed by atoms with van der Waals surface area (Å²) in [5.41, 5.74) is 0.159. The zero-order valence-electron chi connectivity index (χ0n) is 7.10. The third-order valence-electron chi connectivity index (χ3n) is 1.55. The maximum atomic E-state index is 6.23. The molecule has 0 radical (unpaired) electrons. The molecule has 0 bridgehead atoms. The summed E-state index contributed by atoms with van der Waals surface area (Å²) < 4.78 is 0. The van der Waals surface area contributed by atoms with Crippen molar-refractivity contribution in [2.24, 2.45) is 5.41 Å². The molecule has 2 heteroatoms. The van der Waals surface area contributed by atoms with Crippen molar-refractivity contribution in [3.8, 4) is 0 Å². The lowest BCUT2D eigenvalue weighted by molar-refractivity contribution is 0.399. The fraction of sp³-hybridized carbons (Fsp3) is 0.556. The molecule has 1 unspecified atom stereocenters. The summed E-state index contributed by atoms with van der Waals surface area (Å²) in [6.45, 7) is 6.47. The zero-order valence-corrected chi connectivity index (χ0v) is 8.67. The van der Waals surface area contributed by atoms with Crippen LogP contribution in [0.25, 0.3) is 0 Å². The van der Waals surface area contributed by atoms with E-state index in [2.05, 4.69) is 32.2 Å². The summed E-state index contributed by atoms with van der Waals surface area (Å²) in [5, 5.41) is 2.21. The number of alkyl halides is 1. The molecule has 0 saturated carbocycles. The van der Waals surface area contributed by atoms with Gasteiger partial charge in [-0.3, -0.25) is 0 Å². The fourth-order valence-corrected chi connectivity index (χ4v) is 2.03. The topological polar surface area (TPSA) is 0 Å². The van der Waals surface area contributed by atoms with Crippen molar-refractivity contribution in [1.29, 1.82) is 0 Å². The molecule has 0 spiro atoms. The average molecular weight is 189 g/mol. The number of halogens is 1. The van der Waals surface area contributed by atoms with Crippen molar-refractivity contribution in [1.82, 2.24) is 0 Å². The van der Waals surface area contributed by atoms with Crippen molar-refractivity contribution in [3.63, 3.8) is 0 Å². The van der Waals surface area contributed by atoms with Crippen LogP contribution in [0.3, 0.4) is 0 Å². The van der Waals surface area contributed by atoms with E-state index in [1.807, 2.05) is 6.07 Å². The molecule has 1 heterocycles. The lowest BCUT2D eigenvalue weighted by atomic mass is 9.91. The standard InChI is InChI=1S/C9H13ClS/c1-9(2,3)8(10)7-5-4-6-11-7/h4-6,8H,1-3H3. The molecule has 0 aliphatic heterocycles. The minimum Gasteiger partial charge on any atom is -0.147 e. The maximum Gasteiger partial charge on any atom is 0.0726 e. The summed E-state index contributed by atoms with van der Waals surface area (Å²) in [4.78, 5) is 1.26. The van der Waals surface area contributed by atoms with Crippen molar-refractivity contribution in [3.05, 3.63) is 22.4 Å². The molecule has 0 aromatic carbocycles. The molecule has 62 valence electrons. The van der Waals surface area contributed by atoms with E-state index in [-0.39, 0.29) is 10.8 Å².